The molecule has 0 fully saturated rings. The maximum absolute atomic E-state index is 5.11. The van der Waals surface area contributed by atoms with Crippen molar-refractivity contribution in [2.45, 2.75) is 19.8 Å². The van der Waals surface area contributed by atoms with Gasteiger partial charge in [-0.15, -0.1) is 0 Å². The van der Waals surface area contributed by atoms with Gasteiger partial charge >= 0.3 is 6.01 Å². The molecule has 1 heterocycles. The molecule has 0 aromatic carbocycles. The van der Waals surface area contributed by atoms with Crippen LogP contribution in [-0.4, -0.2) is 16.1 Å². The third-order valence-electron chi connectivity index (χ3n) is 1.16. The van der Waals surface area contributed by atoms with E-state index < -0.39 is 0 Å². The first kappa shape index (κ1) is 8.51. The molecular weight excluding hydrogens is 158 g/mol. The van der Waals surface area contributed by atoms with Crippen LogP contribution in [0, 0.1) is 0 Å². The van der Waals surface area contributed by atoms with Gasteiger partial charge in [-0.25, -0.2) is 0 Å². The molecule has 0 aliphatic carbocycles. The average Bonchev–Trinajstić information content (AvgIpc) is 2.36. The summed E-state index contributed by atoms with van der Waals surface area (Å²) in [5, 5.41) is 3.65. The molecule has 0 spiro atoms. The lowest BCUT2D eigenvalue weighted by Gasteiger charge is -1.84. The molecule has 0 aliphatic heterocycles. The fraction of sp³-hybridized carbons (Fsp3) is 0.500. The first-order chi connectivity index (χ1) is 5.72. The molecule has 1 aromatic rings. The molecule has 12 heavy (non-hydrogen) atoms. The van der Waals surface area contributed by atoms with E-state index in [0.29, 0.717) is 5.82 Å². The van der Waals surface area contributed by atoms with Crippen LogP contribution >= 0.6 is 0 Å². The van der Waals surface area contributed by atoms with E-state index >= 15 is 0 Å². The Hall–Kier alpha value is -1.59. The molecule has 4 N–H and O–H groups in total. The van der Waals surface area contributed by atoms with Crippen LogP contribution in [0.1, 0.15) is 19.2 Å². The highest BCUT2D eigenvalue weighted by atomic mass is 16.5. The monoisotopic (exact) mass is 169 g/mol. The summed E-state index contributed by atoms with van der Waals surface area (Å²) in [6, 6.07) is 0.110. The number of aliphatic imine (C=N–C) groups is 1. The van der Waals surface area contributed by atoms with Crippen molar-refractivity contribution >= 4 is 12.0 Å². The van der Waals surface area contributed by atoms with Gasteiger partial charge in [0.1, 0.15) is 0 Å². The van der Waals surface area contributed by atoms with Crippen LogP contribution in [0.4, 0.5) is 6.01 Å². The predicted octanol–water partition coefficient (Wildman–Crippen LogP) is -0.0730. The summed E-state index contributed by atoms with van der Waals surface area (Å²) in [7, 11) is 0. The maximum atomic E-state index is 5.11. The second-order valence-corrected chi connectivity index (χ2v) is 2.28. The molecule has 1 aromatic heterocycles. The SMILES string of the molecule is CCCc1noc(N=C(N)N)n1. The van der Waals surface area contributed by atoms with Crippen LogP contribution < -0.4 is 11.5 Å². The minimum Gasteiger partial charge on any atom is -0.370 e. The zero-order valence-electron chi connectivity index (χ0n) is 6.82. The Morgan fingerprint density at radius 2 is 2.33 bits per heavy atom. The topological polar surface area (TPSA) is 103 Å². The zero-order chi connectivity index (χ0) is 8.97. The van der Waals surface area contributed by atoms with Crippen molar-refractivity contribution in [3.63, 3.8) is 0 Å². The summed E-state index contributed by atoms with van der Waals surface area (Å²) in [6.45, 7) is 2.02. The lowest BCUT2D eigenvalue weighted by Crippen LogP contribution is -2.21. The van der Waals surface area contributed by atoms with Gasteiger partial charge in [-0.1, -0.05) is 12.1 Å². The predicted molar refractivity (Wildman–Crippen MR) is 43.8 cm³/mol. The number of hydrogen-bond acceptors (Lipinski definition) is 4. The van der Waals surface area contributed by atoms with Gasteiger partial charge in [0, 0.05) is 6.42 Å². The number of aromatic nitrogens is 2. The minimum absolute atomic E-state index is 0.0818. The number of nitrogens with zero attached hydrogens (tertiary/aromatic N) is 3. The number of nitrogens with two attached hydrogens (primary N) is 2. The molecule has 0 amide bonds. The Balaban J connectivity index is 2.71. The van der Waals surface area contributed by atoms with Crippen LogP contribution in [-0.2, 0) is 6.42 Å². The first-order valence-corrected chi connectivity index (χ1v) is 3.64. The highest BCUT2D eigenvalue weighted by molar-refractivity contribution is 5.77. The second kappa shape index (κ2) is 3.70. The van der Waals surface area contributed by atoms with E-state index in [4.69, 9.17) is 16.0 Å². The Labute approximate surface area is 69.7 Å². The van der Waals surface area contributed by atoms with E-state index in [9.17, 15) is 0 Å². The minimum atomic E-state index is -0.0818. The lowest BCUT2D eigenvalue weighted by molar-refractivity contribution is 0.420. The molecule has 0 saturated heterocycles. The molecule has 0 bridgehead atoms. The van der Waals surface area contributed by atoms with Crippen molar-refractivity contribution in [3.8, 4) is 0 Å². The third-order valence-corrected chi connectivity index (χ3v) is 1.16. The summed E-state index contributed by atoms with van der Waals surface area (Å²) in [4.78, 5) is 7.51. The molecule has 6 heteroatoms. The van der Waals surface area contributed by atoms with Crippen LogP contribution in [0.5, 0.6) is 0 Å². The van der Waals surface area contributed by atoms with E-state index in [0.717, 1.165) is 12.8 Å². The number of aryl methyl sites for hydroxylation is 1. The highest BCUT2D eigenvalue weighted by Crippen LogP contribution is 2.07. The van der Waals surface area contributed by atoms with Gasteiger partial charge in [0.25, 0.3) is 0 Å². The van der Waals surface area contributed by atoms with E-state index in [1.54, 1.807) is 0 Å². The number of guanidine groups is 1. The largest absolute Gasteiger partial charge is 0.370 e. The van der Waals surface area contributed by atoms with Crippen LogP contribution in [0.3, 0.4) is 0 Å². The summed E-state index contributed by atoms with van der Waals surface area (Å²) >= 11 is 0. The molecule has 0 saturated carbocycles. The number of hydrogen-bond donors (Lipinski definition) is 2. The molecule has 0 aliphatic rings. The summed E-state index contributed by atoms with van der Waals surface area (Å²) in [5.74, 6) is 0.541. The third kappa shape index (κ3) is 2.22. The quantitative estimate of drug-likeness (QED) is 0.486. The summed E-state index contributed by atoms with van der Waals surface area (Å²) in [5.41, 5.74) is 10.2. The highest BCUT2D eigenvalue weighted by Gasteiger charge is 2.02. The van der Waals surface area contributed by atoms with E-state index in [2.05, 4.69) is 15.1 Å². The Kier molecular flexibility index (Phi) is 2.62. The van der Waals surface area contributed by atoms with Gasteiger partial charge in [-0.05, 0) is 6.42 Å². The Morgan fingerprint density at radius 1 is 1.58 bits per heavy atom. The van der Waals surface area contributed by atoms with Gasteiger partial charge < -0.3 is 16.0 Å². The smallest absolute Gasteiger partial charge is 0.350 e. The molecular formula is C6H11N5O. The van der Waals surface area contributed by atoms with E-state index in [1.165, 1.54) is 0 Å². The van der Waals surface area contributed by atoms with Gasteiger partial charge in [0.2, 0.25) is 0 Å². The summed E-state index contributed by atoms with van der Waals surface area (Å²) in [6.07, 6.45) is 1.73. The molecule has 6 nitrogen and oxygen atoms in total. The molecule has 0 atom stereocenters. The van der Waals surface area contributed by atoms with Crippen molar-refractivity contribution in [2.24, 2.45) is 16.5 Å². The number of rotatable bonds is 3. The lowest BCUT2D eigenvalue weighted by atomic mass is 10.3. The first-order valence-electron chi connectivity index (χ1n) is 3.64. The normalized spacial score (nSPS) is 9.75. The zero-order valence-corrected chi connectivity index (χ0v) is 6.82. The fourth-order valence-electron chi connectivity index (χ4n) is 0.726. The fourth-order valence-corrected chi connectivity index (χ4v) is 0.726. The van der Waals surface area contributed by atoms with Crippen molar-refractivity contribution in [3.05, 3.63) is 5.82 Å². The Bertz CT molecular complexity index is 275. The van der Waals surface area contributed by atoms with Crippen molar-refractivity contribution in [2.75, 3.05) is 0 Å². The van der Waals surface area contributed by atoms with Crippen molar-refractivity contribution in [1.29, 1.82) is 0 Å². The molecule has 0 radical (unpaired) electrons. The van der Waals surface area contributed by atoms with Gasteiger partial charge in [-0.3, -0.25) is 0 Å². The van der Waals surface area contributed by atoms with E-state index in [-0.39, 0.29) is 12.0 Å². The van der Waals surface area contributed by atoms with Crippen LogP contribution in [0.15, 0.2) is 9.52 Å². The van der Waals surface area contributed by atoms with E-state index in [1.807, 2.05) is 6.92 Å². The van der Waals surface area contributed by atoms with Gasteiger partial charge in [0.15, 0.2) is 11.8 Å². The Morgan fingerprint density at radius 3 is 2.92 bits per heavy atom. The molecule has 66 valence electrons. The van der Waals surface area contributed by atoms with Gasteiger partial charge in [0.05, 0.1) is 0 Å². The van der Waals surface area contributed by atoms with Crippen molar-refractivity contribution < 1.29 is 4.52 Å². The summed E-state index contributed by atoms with van der Waals surface area (Å²) < 4.78 is 4.72. The standard InChI is InChI=1S/C6H11N5O/c1-2-3-4-9-6(12-11-4)10-5(7)8/h2-3H2,1H3,(H4,7,8,9,10,11). The second-order valence-electron chi connectivity index (χ2n) is 2.28. The van der Waals surface area contributed by atoms with Crippen LogP contribution in [0.25, 0.3) is 0 Å². The maximum Gasteiger partial charge on any atom is 0.350 e. The average molecular weight is 169 g/mol. The molecule has 0 unspecified atom stereocenters. The van der Waals surface area contributed by atoms with Gasteiger partial charge in [-0.2, -0.15) is 9.98 Å². The van der Waals surface area contributed by atoms with Crippen LogP contribution in [0.2, 0.25) is 0 Å². The van der Waals surface area contributed by atoms with Crippen molar-refractivity contribution in [1.82, 2.24) is 10.1 Å². The molecule has 1 rings (SSSR count).